The van der Waals surface area contributed by atoms with Gasteiger partial charge in [0.2, 0.25) is 5.95 Å². The van der Waals surface area contributed by atoms with Gasteiger partial charge in [-0.15, -0.1) is 0 Å². The fourth-order valence-corrected chi connectivity index (χ4v) is 3.98. The molecule has 176 valence electrons. The van der Waals surface area contributed by atoms with Crippen LogP contribution in [-0.2, 0) is 22.4 Å². The monoisotopic (exact) mass is 477 g/mol. The second-order valence-electron chi connectivity index (χ2n) is 7.88. The molecule has 0 radical (unpaired) electrons. The minimum atomic E-state index is -1.33. The van der Waals surface area contributed by atoms with Crippen LogP contribution < -0.4 is 21.9 Å². The summed E-state index contributed by atoms with van der Waals surface area (Å²) in [4.78, 5) is 53.1. The maximum Gasteiger partial charge on any atom is 0.326 e. The Balaban J connectivity index is 1.60. The van der Waals surface area contributed by atoms with E-state index in [2.05, 4.69) is 20.6 Å². The summed E-state index contributed by atoms with van der Waals surface area (Å²) < 4.78 is 0. The number of aromatic nitrogens is 2. The lowest BCUT2D eigenvalue weighted by molar-refractivity contribution is -0.140. The molecule has 12 heteroatoms. The van der Waals surface area contributed by atoms with Gasteiger partial charge in [0.25, 0.3) is 11.5 Å². The molecule has 1 unspecified atom stereocenters. The first-order chi connectivity index (χ1) is 15.6. The van der Waals surface area contributed by atoms with Gasteiger partial charge in [0.1, 0.15) is 11.9 Å². The SMILES string of the molecule is Nc1nc2c(c(=O)[nH]1)CC(CCc1ccc(C(=O)N[C@@H](CCC(=O)O)C(=O)O)c(Cl)c1)CN2. The van der Waals surface area contributed by atoms with Crippen LogP contribution in [0.5, 0.6) is 0 Å². The average Bonchev–Trinajstić information content (AvgIpc) is 2.74. The van der Waals surface area contributed by atoms with Crippen molar-refractivity contribution < 1.29 is 24.6 Å². The lowest BCUT2D eigenvalue weighted by Crippen LogP contribution is -2.41. The Morgan fingerprint density at radius 3 is 2.73 bits per heavy atom. The second kappa shape index (κ2) is 10.3. The van der Waals surface area contributed by atoms with Crippen LogP contribution >= 0.6 is 11.6 Å². The normalized spacial score (nSPS) is 15.7. The third kappa shape index (κ3) is 6.22. The van der Waals surface area contributed by atoms with Gasteiger partial charge in [-0.1, -0.05) is 17.7 Å². The number of H-pyrrole nitrogens is 1. The summed E-state index contributed by atoms with van der Waals surface area (Å²) in [5.74, 6) is -2.40. The van der Waals surface area contributed by atoms with Crippen LogP contribution in [0.2, 0.25) is 5.02 Å². The number of nitrogens with two attached hydrogens (primary N) is 1. The highest BCUT2D eigenvalue weighted by Gasteiger charge is 2.24. The van der Waals surface area contributed by atoms with E-state index in [4.69, 9.17) is 22.4 Å². The first-order valence-corrected chi connectivity index (χ1v) is 10.7. The Labute approximate surface area is 193 Å². The van der Waals surface area contributed by atoms with Crippen LogP contribution in [0.4, 0.5) is 11.8 Å². The number of hydrogen-bond donors (Lipinski definition) is 6. The molecular weight excluding hydrogens is 454 g/mol. The van der Waals surface area contributed by atoms with Crippen molar-refractivity contribution in [3.05, 3.63) is 50.3 Å². The van der Waals surface area contributed by atoms with Crippen molar-refractivity contribution >= 4 is 41.2 Å². The third-order valence-corrected chi connectivity index (χ3v) is 5.77. The average molecular weight is 478 g/mol. The van der Waals surface area contributed by atoms with E-state index in [9.17, 15) is 24.3 Å². The van der Waals surface area contributed by atoms with Crippen molar-refractivity contribution in [1.29, 1.82) is 0 Å². The van der Waals surface area contributed by atoms with Gasteiger partial charge in [0.15, 0.2) is 0 Å². The number of rotatable bonds is 9. The van der Waals surface area contributed by atoms with Gasteiger partial charge >= 0.3 is 11.9 Å². The van der Waals surface area contributed by atoms with Crippen LogP contribution in [0.1, 0.15) is 40.7 Å². The molecule has 2 heterocycles. The molecule has 7 N–H and O–H groups in total. The molecule has 1 aliphatic heterocycles. The summed E-state index contributed by atoms with van der Waals surface area (Å²) in [5.41, 5.74) is 6.87. The van der Waals surface area contributed by atoms with Crippen LogP contribution in [0.3, 0.4) is 0 Å². The van der Waals surface area contributed by atoms with Crippen molar-refractivity contribution in [2.24, 2.45) is 5.92 Å². The molecule has 2 atom stereocenters. The van der Waals surface area contributed by atoms with E-state index >= 15 is 0 Å². The lowest BCUT2D eigenvalue weighted by Gasteiger charge is -2.24. The number of carbonyl (C=O) groups excluding carboxylic acids is 1. The van der Waals surface area contributed by atoms with Crippen molar-refractivity contribution in [1.82, 2.24) is 15.3 Å². The first kappa shape index (κ1) is 24.1. The van der Waals surface area contributed by atoms with Gasteiger partial charge in [0, 0.05) is 13.0 Å². The summed E-state index contributed by atoms with van der Waals surface area (Å²) in [6, 6.07) is 3.55. The molecule has 2 aromatic rings. The Bertz CT molecular complexity index is 1130. The highest BCUT2D eigenvalue weighted by molar-refractivity contribution is 6.34. The topological polar surface area (TPSA) is 187 Å². The maximum absolute atomic E-state index is 12.5. The lowest BCUT2D eigenvalue weighted by atomic mass is 9.91. The summed E-state index contributed by atoms with van der Waals surface area (Å²) in [6.07, 6.45) is 1.34. The van der Waals surface area contributed by atoms with Crippen molar-refractivity contribution in [3.8, 4) is 0 Å². The van der Waals surface area contributed by atoms with E-state index in [0.717, 1.165) is 12.0 Å². The Morgan fingerprint density at radius 2 is 2.06 bits per heavy atom. The highest BCUT2D eigenvalue weighted by Crippen LogP contribution is 2.25. The summed E-state index contributed by atoms with van der Waals surface area (Å²) in [5, 5.41) is 23.5. The maximum atomic E-state index is 12.5. The van der Waals surface area contributed by atoms with E-state index < -0.39 is 23.9 Å². The number of benzene rings is 1. The number of nitrogen functional groups attached to an aromatic ring is 1. The predicted molar refractivity (Wildman–Crippen MR) is 120 cm³/mol. The van der Waals surface area contributed by atoms with Gasteiger partial charge < -0.3 is 26.6 Å². The molecule has 1 aliphatic rings. The van der Waals surface area contributed by atoms with Crippen LogP contribution in [0.25, 0.3) is 0 Å². The number of aliphatic carboxylic acids is 2. The van der Waals surface area contributed by atoms with Gasteiger partial charge in [-0.25, -0.2) is 4.79 Å². The summed E-state index contributed by atoms with van der Waals surface area (Å²) in [7, 11) is 0. The van der Waals surface area contributed by atoms with E-state index in [1.165, 1.54) is 6.07 Å². The number of anilines is 2. The van der Waals surface area contributed by atoms with Gasteiger partial charge in [0.05, 0.1) is 16.1 Å². The molecule has 1 amide bonds. The molecule has 1 aromatic carbocycles. The smallest absolute Gasteiger partial charge is 0.326 e. The molecule has 0 bridgehead atoms. The van der Waals surface area contributed by atoms with Crippen molar-refractivity contribution in [2.45, 2.75) is 38.1 Å². The largest absolute Gasteiger partial charge is 0.481 e. The zero-order valence-electron chi connectivity index (χ0n) is 17.6. The molecule has 0 saturated carbocycles. The molecule has 11 nitrogen and oxygen atoms in total. The summed E-state index contributed by atoms with van der Waals surface area (Å²) in [6.45, 7) is 0.643. The van der Waals surface area contributed by atoms with Crippen LogP contribution in [0, 0.1) is 5.92 Å². The highest BCUT2D eigenvalue weighted by atomic mass is 35.5. The van der Waals surface area contributed by atoms with Crippen LogP contribution in [-0.4, -0.2) is 50.6 Å². The second-order valence-corrected chi connectivity index (χ2v) is 8.29. The first-order valence-electron chi connectivity index (χ1n) is 10.3. The number of fused-ring (bicyclic) bond motifs is 1. The Morgan fingerprint density at radius 1 is 1.30 bits per heavy atom. The molecule has 0 aliphatic carbocycles. The Hall–Kier alpha value is -3.60. The Kier molecular flexibility index (Phi) is 7.54. The number of halogens is 1. The summed E-state index contributed by atoms with van der Waals surface area (Å²) >= 11 is 6.26. The van der Waals surface area contributed by atoms with Crippen LogP contribution in [0.15, 0.2) is 23.0 Å². The zero-order valence-corrected chi connectivity index (χ0v) is 18.3. The number of nitrogens with one attached hydrogen (secondary N) is 3. The molecule has 3 rings (SSSR count). The number of hydrogen-bond acceptors (Lipinski definition) is 7. The molecule has 1 aromatic heterocycles. The van der Waals surface area contributed by atoms with E-state index in [0.29, 0.717) is 30.8 Å². The quantitative estimate of drug-likeness (QED) is 0.309. The number of carboxylic acid groups (broad SMARTS) is 2. The minimum absolute atomic E-state index is 0.0695. The van der Waals surface area contributed by atoms with Gasteiger partial charge in [-0.3, -0.25) is 19.4 Å². The molecule has 33 heavy (non-hydrogen) atoms. The van der Waals surface area contributed by atoms with E-state index in [1.54, 1.807) is 12.1 Å². The molecule has 0 fully saturated rings. The predicted octanol–water partition coefficient (Wildman–Crippen LogP) is 1.27. The number of nitrogens with zero attached hydrogens (tertiary/aromatic N) is 1. The standard InChI is InChI=1S/C21H24ClN5O6/c22-14-8-10(1-2-11-7-13-17(24-9-11)26-21(23)27-19(13)31)3-4-12(14)18(30)25-15(20(32)33)5-6-16(28)29/h3-4,8,11,15H,1-2,5-7,9H2,(H,25,30)(H,28,29)(H,32,33)(H4,23,24,26,27,31)/t11?,15-/m0/s1. The van der Waals surface area contributed by atoms with E-state index in [1.807, 2.05) is 0 Å². The molecule has 0 spiro atoms. The molecular formula is C21H24ClN5O6. The third-order valence-electron chi connectivity index (χ3n) is 5.45. The number of carboxylic acids is 2. The van der Waals surface area contributed by atoms with Gasteiger partial charge in [-0.2, -0.15) is 4.98 Å². The number of carbonyl (C=O) groups is 3. The molecule has 0 saturated heterocycles. The number of aryl methyl sites for hydroxylation is 1. The fourth-order valence-electron chi connectivity index (χ4n) is 3.69. The fraction of sp³-hybridized carbons (Fsp3) is 0.381. The zero-order chi connectivity index (χ0) is 24.1. The number of amides is 1. The van der Waals surface area contributed by atoms with E-state index in [-0.39, 0.29) is 40.9 Å². The van der Waals surface area contributed by atoms with Crippen molar-refractivity contribution in [3.63, 3.8) is 0 Å². The van der Waals surface area contributed by atoms with Crippen molar-refractivity contribution in [2.75, 3.05) is 17.6 Å². The number of aromatic amines is 1. The minimum Gasteiger partial charge on any atom is -0.481 e. The van der Waals surface area contributed by atoms with Gasteiger partial charge in [-0.05, 0) is 49.3 Å².